The number of carbonyl (C=O) groups is 2. The zero-order valence-electron chi connectivity index (χ0n) is 14.7. The van der Waals surface area contributed by atoms with Gasteiger partial charge in [0.05, 0.1) is 10.2 Å². The van der Waals surface area contributed by atoms with Crippen LogP contribution in [0.5, 0.6) is 0 Å². The summed E-state index contributed by atoms with van der Waals surface area (Å²) in [5, 5.41) is 0. The largest absolute Gasteiger partial charge is 0.308 e. The molecule has 1 aromatic rings. The molecule has 3 nitrogen and oxygen atoms in total. The van der Waals surface area contributed by atoms with Crippen molar-refractivity contribution < 1.29 is 9.59 Å². The van der Waals surface area contributed by atoms with E-state index in [1.165, 1.54) is 5.56 Å². The van der Waals surface area contributed by atoms with Gasteiger partial charge in [0, 0.05) is 17.1 Å². The summed E-state index contributed by atoms with van der Waals surface area (Å²) in [6.07, 6.45) is 2.47. The van der Waals surface area contributed by atoms with Gasteiger partial charge in [0.25, 0.3) is 0 Å². The van der Waals surface area contributed by atoms with Crippen molar-refractivity contribution in [1.82, 2.24) is 0 Å². The second-order valence-electron chi connectivity index (χ2n) is 8.51. The molecule has 1 amide bonds. The highest BCUT2D eigenvalue weighted by molar-refractivity contribution is 9.10. The molecular formula is C20H24BrNO2. The maximum absolute atomic E-state index is 13.9. The number of alkyl halides is 1. The van der Waals surface area contributed by atoms with E-state index in [1.54, 1.807) is 0 Å². The lowest BCUT2D eigenvalue weighted by Gasteiger charge is -2.43. The first kappa shape index (κ1) is 16.3. The molecule has 2 saturated carbocycles. The summed E-state index contributed by atoms with van der Waals surface area (Å²) in [6, 6.07) is 8.30. The van der Waals surface area contributed by atoms with E-state index in [4.69, 9.17) is 0 Å². The SMILES string of the molecule is C[C@@H]1Cc2ccccc2N1C(=O)[C@@]12CC[C@@](C)(C(=O)[C@H]1Br)C2(C)C. The molecule has 0 N–H and O–H groups in total. The van der Waals surface area contributed by atoms with Gasteiger partial charge in [0.1, 0.15) is 0 Å². The van der Waals surface area contributed by atoms with Crippen molar-refractivity contribution in [3.8, 4) is 0 Å². The van der Waals surface area contributed by atoms with E-state index in [1.807, 2.05) is 30.0 Å². The van der Waals surface area contributed by atoms with Crippen molar-refractivity contribution in [2.75, 3.05) is 4.90 Å². The monoisotopic (exact) mass is 389 g/mol. The number of ketones is 1. The fraction of sp³-hybridized carbons (Fsp3) is 0.600. The first-order valence-electron chi connectivity index (χ1n) is 8.78. The molecule has 1 aliphatic heterocycles. The molecule has 4 atom stereocenters. The molecule has 0 spiro atoms. The van der Waals surface area contributed by atoms with Gasteiger partial charge in [-0.1, -0.05) is 54.9 Å². The summed E-state index contributed by atoms with van der Waals surface area (Å²) in [4.78, 5) is 28.4. The minimum atomic E-state index is -0.648. The molecule has 2 fully saturated rings. The first-order chi connectivity index (χ1) is 11.2. The van der Waals surface area contributed by atoms with Gasteiger partial charge in [-0.25, -0.2) is 0 Å². The number of fused-ring (bicyclic) bond motifs is 3. The molecule has 128 valence electrons. The van der Waals surface area contributed by atoms with E-state index >= 15 is 0 Å². The van der Waals surface area contributed by atoms with Crippen molar-refractivity contribution >= 4 is 33.3 Å². The van der Waals surface area contributed by atoms with Crippen LogP contribution in [0.1, 0.15) is 46.1 Å². The lowest BCUT2D eigenvalue weighted by Crippen LogP contribution is -2.54. The lowest BCUT2D eigenvalue weighted by molar-refractivity contribution is -0.133. The zero-order chi connectivity index (χ0) is 17.5. The van der Waals surface area contributed by atoms with Crippen LogP contribution in [-0.2, 0) is 16.0 Å². The van der Waals surface area contributed by atoms with Crippen LogP contribution < -0.4 is 4.90 Å². The summed E-state index contributed by atoms with van der Waals surface area (Å²) in [5.41, 5.74) is 0.834. The predicted octanol–water partition coefficient (Wildman–Crippen LogP) is 4.12. The van der Waals surface area contributed by atoms with Gasteiger partial charge >= 0.3 is 0 Å². The van der Waals surface area contributed by atoms with E-state index in [0.717, 1.165) is 24.9 Å². The van der Waals surface area contributed by atoms with Crippen LogP contribution in [0.25, 0.3) is 0 Å². The van der Waals surface area contributed by atoms with Crippen molar-refractivity contribution in [2.24, 2.45) is 16.2 Å². The molecule has 0 saturated heterocycles. The van der Waals surface area contributed by atoms with Gasteiger partial charge in [-0.2, -0.15) is 0 Å². The predicted molar refractivity (Wildman–Crippen MR) is 98.4 cm³/mol. The Morgan fingerprint density at radius 1 is 1.21 bits per heavy atom. The molecule has 3 aliphatic rings. The van der Waals surface area contributed by atoms with Gasteiger partial charge < -0.3 is 4.90 Å². The minimum Gasteiger partial charge on any atom is -0.308 e. The Morgan fingerprint density at radius 3 is 2.50 bits per heavy atom. The van der Waals surface area contributed by atoms with Crippen LogP contribution in [0.4, 0.5) is 5.69 Å². The molecule has 2 bridgehead atoms. The van der Waals surface area contributed by atoms with E-state index in [2.05, 4.69) is 42.8 Å². The Bertz CT molecular complexity index is 758. The molecule has 4 rings (SSSR count). The van der Waals surface area contributed by atoms with Crippen LogP contribution >= 0.6 is 15.9 Å². The minimum absolute atomic E-state index is 0.126. The highest BCUT2D eigenvalue weighted by Gasteiger charge is 2.77. The summed E-state index contributed by atoms with van der Waals surface area (Å²) in [7, 11) is 0. The van der Waals surface area contributed by atoms with E-state index in [0.29, 0.717) is 0 Å². The second kappa shape index (κ2) is 4.72. The molecule has 0 radical (unpaired) electrons. The standard InChI is InChI=1S/C20H24BrNO2/c1-12-11-13-7-5-6-8-14(13)22(12)17(24)20-10-9-19(4,18(20,2)3)16(23)15(20)21/h5-8,12,15H,9-11H2,1-4H3/t12-,15-,19+,20-/m1/s1. The Labute approximate surface area is 151 Å². The van der Waals surface area contributed by atoms with Crippen LogP contribution in [0.15, 0.2) is 24.3 Å². The maximum Gasteiger partial charge on any atom is 0.235 e. The Kier molecular flexibility index (Phi) is 3.21. The summed E-state index contributed by atoms with van der Waals surface area (Å²) < 4.78 is 0. The van der Waals surface area contributed by atoms with E-state index in [-0.39, 0.29) is 28.0 Å². The van der Waals surface area contributed by atoms with Crippen molar-refractivity contribution in [1.29, 1.82) is 0 Å². The summed E-state index contributed by atoms with van der Waals surface area (Å²) >= 11 is 3.64. The first-order valence-corrected chi connectivity index (χ1v) is 9.70. The number of hydrogen-bond donors (Lipinski definition) is 0. The zero-order valence-corrected chi connectivity index (χ0v) is 16.3. The highest BCUT2D eigenvalue weighted by atomic mass is 79.9. The third-order valence-electron chi connectivity index (χ3n) is 7.53. The third-order valence-corrected chi connectivity index (χ3v) is 8.73. The smallest absolute Gasteiger partial charge is 0.235 e. The molecule has 0 unspecified atom stereocenters. The molecule has 1 aromatic carbocycles. The van der Waals surface area contributed by atoms with Gasteiger partial charge in [0.15, 0.2) is 5.78 Å². The Balaban J connectivity index is 1.85. The summed E-state index contributed by atoms with van der Waals surface area (Å²) in [6.45, 7) is 8.39. The third kappa shape index (κ3) is 1.55. The summed E-state index contributed by atoms with van der Waals surface area (Å²) in [5.74, 6) is 0.327. The van der Waals surface area contributed by atoms with Crippen LogP contribution in [-0.4, -0.2) is 22.6 Å². The van der Waals surface area contributed by atoms with E-state index in [9.17, 15) is 9.59 Å². The number of para-hydroxylation sites is 1. The van der Waals surface area contributed by atoms with Gasteiger partial charge in [-0.3, -0.25) is 9.59 Å². The average Bonchev–Trinajstić information content (AvgIpc) is 3.01. The van der Waals surface area contributed by atoms with Gasteiger partial charge in [-0.15, -0.1) is 0 Å². The number of Topliss-reactive ketones (excluding diaryl/α,β-unsaturated/α-hetero) is 1. The second-order valence-corrected chi connectivity index (χ2v) is 9.43. The normalized spacial score (nSPS) is 39.4. The molecule has 0 aromatic heterocycles. The fourth-order valence-corrected chi connectivity index (χ4v) is 7.02. The lowest BCUT2D eigenvalue weighted by atomic mass is 9.64. The number of carbonyl (C=O) groups excluding carboxylic acids is 2. The topological polar surface area (TPSA) is 37.4 Å². The fourth-order valence-electron chi connectivity index (χ4n) is 5.52. The number of rotatable bonds is 1. The quantitative estimate of drug-likeness (QED) is 0.677. The van der Waals surface area contributed by atoms with Crippen molar-refractivity contribution in [3.05, 3.63) is 29.8 Å². The van der Waals surface area contributed by atoms with Crippen molar-refractivity contribution in [2.45, 2.75) is 57.8 Å². The average molecular weight is 390 g/mol. The number of benzene rings is 1. The molecular weight excluding hydrogens is 366 g/mol. The molecule has 2 aliphatic carbocycles. The number of amides is 1. The Morgan fingerprint density at radius 2 is 1.88 bits per heavy atom. The molecule has 1 heterocycles. The van der Waals surface area contributed by atoms with Crippen LogP contribution in [0, 0.1) is 16.2 Å². The van der Waals surface area contributed by atoms with Gasteiger partial charge in [-0.05, 0) is 43.2 Å². The molecule has 4 heteroatoms. The highest BCUT2D eigenvalue weighted by Crippen LogP contribution is 2.72. The maximum atomic E-state index is 13.9. The van der Waals surface area contributed by atoms with Crippen LogP contribution in [0.2, 0.25) is 0 Å². The molecule has 24 heavy (non-hydrogen) atoms. The number of halogens is 1. The number of nitrogens with zero attached hydrogens (tertiary/aromatic N) is 1. The van der Waals surface area contributed by atoms with Crippen LogP contribution in [0.3, 0.4) is 0 Å². The van der Waals surface area contributed by atoms with Gasteiger partial charge in [0.2, 0.25) is 5.91 Å². The van der Waals surface area contributed by atoms with Crippen molar-refractivity contribution in [3.63, 3.8) is 0 Å². The number of hydrogen-bond acceptors (Lipinski definition) is 2. The van der Waals surface area contributed by atoms with E-state index < -0.39 is 10.8 Å². The Hall–Kier alpha value is -1.16. The number of anilines is 1.